The minimum Gasteiger partial charge on any atom is -0.378 e. The van der Waals surface area contributed by atoms with Crippen molar-refractivity contribution in [3.63, 3.8) is 0 Å². The van der Waals surface area contributed by atoms with Gasteiger partial charge in [-0.25, -0.2) is 4.98 Å². The number of ether oxygens (including phenoxy) is 1. The van der Waals surface area contributed by atoms with Crippen LogP contribution in [0.1, 0.15) is 23.8 Å². The summed E-state index contributed by atoms with van der Waals surface area (Å²) in [5, 5.41) is 4.64. The van der Waals surface area contributed by atoms with E-state index in [1.165, 1.54) is 11.3 Å². The standard InChI is InChI=1S/C10H14N2O2S/c1-7-8(2-3-14-7)4-11-10(13)9-5-15-6-12-9/h5-8H,2-4H2,1H3,(H,11,13). The molecule has 0 spiro atoms. The van der Waals surface area contributed by atoms with Crippen LogP contribution in [-0.4, -0.2) is 30.1 Å². The van der Waals surface area contributed by atoms with E-state index in [4.69, 9.17) is 4.74 Å². The molecule has 0 aromatic carbocycles. The van der Waals surface area contributed by atoms with Gasteiger partial charge >= 0.3 is 0 Å². The Hall–Kier alpha value is -0.940. The fourth-order valence-corrected chi connectivity index (χ4v) is 2.22. The second-order valence-electron chi connectivity index (χ2n) is 3.71. The lowest BCUT2D eigenvalue weighted by Gasteiger charge is -2.13. The van der Waals surface area contributed by atoms with Gasteiger partial charge < -0.3 is 10.1 Å². The number of rotatable bonds is 3. The van der Waals surface area contributed by atoms with Crippen LogP contribution in [0, 0.1) is 5.92 Å². The summed E-state index contributed by atoms with van der Waals surface area (Å²) >= 11 is 1.43. The maximum atomic E-state index is 11.6. The molecule has 2 heterocycles. The van der Waals surface area contributed by atoms with Crippen LogP contribution >= 0.6 is 11.3 Å². The molecule has 4 nitrogen and oxygen atoms in total. The molecule has 1 fully saturated rings. The van der Waals surface area contributed by atoms with Crippen LogP contribution < -0.4 is 5.32 Å². The van der Waals surface area contributed by atoms with E-state index in [1.807, 2.05) is 6.92 Å². The summed E-state index contributed by atoms with van der Waals surface area (Å²) in [6.07, 6.45) is 1.28. The van der Waals surface area contributed by atoms with Crippen LogP contribution in [0.2, 0.25) is 0 Å². The van der Waals surface area contributed by atoms with Crippen molar-refractivity contribution in [2.45, 2.75) is 19.4 Å². The van der Waals surface area contributed by atoms with Crippen molar-refractivity contribution in [2.75, 3.05) is 13.2 Å². The molecule has 0 bridgehead atoms. The fourth-order valence-electron chi connectivity index (χ4n) is 1.68. The predicted molar refractivity (Wildman–Crippen MR) is 58.0 cm³/mol. The molecule has 2 atom stereocenters. The summed E-state index contributed by atoms with van der Waals surface area (Å²) in [6, 6.07) is 0. The van der Waals surface area contributed by atoms with E-state index >= 15 is 0 Å². The third-order valence-corrected chi connectivity index (χ3v) is 3.31. The lowest BCUT2D eigenvalue weighted by molar-refractivity contribution is 0.0904. The van der Waals surface area contributed by atoms with E-state index in [2.05, 4.69) is 10.3 Å². The molecule has 1 amide bonds. The first-order chi connectivity index (χ1) is 7.27. The summed E-state index contributed by atoms with van der Waals surface area (Å²) in [5.74, 6) is 0.350. The van der Waals surface area contributed by atoms with Gasteiger partial charge in [0, 0.05) is 24.4 Å². The zero-order valence-corrected chi connectivity index (χ0v) is 9.42. The number of aromatic nitrogens is 1. The molecule has 82 valence electrons. The number of hydrogen-bond donors (Lipinski definition) is 1. The highest BCUT2D eigenvalue weighted by molar-refractivity contribution is 7.07. The molecule has 1 aromatic heterocycles. The largest absolute Gasteiger partial charge is 0.378 e. The number of nitrogens with one attached hydrogen (secondary N) is 1. The number of nitrogens with zero attached hydrogens (tertiary/aromatic N) is 1. The average Bonchev–Trinajstić information content (AvgIpc) is 2.85. The Kier molecular flexibility index (Phi) is 3.33. The van der Waals surface area contributed by atoms with Gasteiger partial charge in [-0.05, 0) is 13.3 Å². The van der Waals surface area contributed by atoms with Gasteiger partial charge in [0.15, 0.2) is 0 Å². The van der Waals surface area contributed by atoms with E-state index in [9.17, 15) is 4.79 Å². The van der Waals surface area contributed by atoms with Gasteiger partial charge in [0.05, 0.1) is 11.6 Å². The van der Waals surface area contributed by atoms with Crippen LogP contribution in [0.15, 0.2) is 10.9 Å². The van der Waals surface area contributed by atoms with Crippen molar-refractivity contribution < 1.29 is 9.53 Å². The Morgan fingerprint density at radius 1 is 1.80 bits per heavy atom. The normalized spacial score (nSPS) is 25.4. The zero-order valence-electron chi connectivity index (χ0n) is 8.60. The number of thiazole rings is 1. The molecular weight excluding hydrogens is 212 g/mol. The highest BCUT2D eigenvalue weighted by Crippen LogP contribution is 2.19. The van der Waals surface area contributed by atoms with Crippen molar-refractivity contribution >= 4 is 17.2 Å². The van der Waals surface area contributed by atoms with Crippen LogP contribution in [-0.2, 0) is 4.74 Å². The van der Waals surface area contributed by atoms with Gasteiger partial charge in [-0.1, -0.05) is 0 Å². The third kappa shape index (κ3) is 2.54. The minimum atomic E-state index is -0.0876. The fraction of sp³-hybridized carbons (Fsp3) is 0.600. The molecule has 0 radical (unpaired) electrons. The quantitative estimate of drug-likeness (QED) is 0.845. The van der Waals surface area contributed by atoms with Crippen LogP contribution in [0.25, 0.3) is 0 Å². The monoisotopic (exact) mass is 226 g/mol. The van der Waals surface area contributed by atoms with E-state index in [0.29, 0.717) is 18.2 Å². The average molecular weight is 226 g/mol. The predicted octanol–water partition coefficient (Wildman–Crippen LogP) is 1.30. The SMILES string of the molecule is CC1OCCC1CNC(=O)c1cscn1. The molecule has 1 saturated heterocycles. The summed E-state index contributed by atoms with van der Waals surface area (Å²) in [7, 11) is 0. The first kappa shape index (κ1) is 10.6. The lowest BCUT2D eigenvalue weighted by Crippen LogP contribution is -2.32. The topological polar surface area (TPSA) is 51.2 Å². The summed E-state index contributed by atoms with van der Waals surface area (Å²) in [5.41, 5.74) is 2.17. The molecule has 15 heavy (non-hydrogen) atoms. The Morgan fingerprint density at radius 3 is 3.27 bits per heavy atom. The molecule has 0 saturated carbocycles. The Morgan fingerprint density at radius 2 is 2.67 bits per heavy atom. The highest BCUT2D eigenvalue weighted by Gasteiger charge is 2.24. The smallest absolute Gasteiger partial charge is 0.270 e. The number of hydrogen-bond acceptors (Lipinski definition) is 4. The van der Waals surface area contributed by atoms with E-state index in [1.54, 1.807) is 10.9 Å². The number of carbonyl (C=O) groups is 1. The minimum absolute atomic E-state index is 0.0876. The zero-order chi connectivity index (χ0) is 10.7. The van der Waals surface area contributed by atoms with Gasteiger partial charge in [-0.3, -0.25) is 4.79 Å². The first-order valence-corrected chi connectivity index (χ1v) is 5.99. The third-order valence-electron chi connectivity index (χ3n) is 2.72. The first-order valence-electron chi connectivity index (χ1n) is 5.05. The molecule has 1 N–H and O–H groups in total. The van der Waals surface area contributed by atoms with Crippen molar-refractivity contribution in [2.24, 2.45) is 5.92 Å². The lowest BCUT2D eigenvalue weighted by atomic mass is 10.0. The molecular formula is C10H14N2O2S. The van der Waals surface area contributed by atoms with E-state index in [0.717, 1.165) is 13.0 Å². The van der Waals surface area contributed by atoms with E-state index in [-0.39, 0.29) is 12.0 Å². The van der Waals surface area contributed by atoms with Crippen molar-refractivity contribution in [1.29, 1.82) is 0 Å². The Bertz CT molecular complexity index is 326. The number of carbonyl (C=O) groups excluding carboxylic acids is 1. The molecule has 1 aromatic rings. The Balaban J connectivity index is 1.81. The summed E-state index contributed by atoms with van der Waals surface area (Å²) in [6.45, 7) is 3.53. The van der Waals surface area contributed by atoms with Crippen molar-refractivity contribution in [3.8, 4) is 0 Å². The molecule has 1 aliphatic rings. The highest BCUT2D eigenvalue weighted by atomic mass is 32.1. The number of amides is 1. The molecule has 0 aliphatic carbocycles. The van der Waals surface area contributed by atoms with Gasteiger partial charge in [0.2, 0.25) is 0 Å². The van der Waals surface area contributed by atoms with E-state index < -0.39 is 0 Å². The van der Waals surface area contributed by atoms with Crippen LogP contribution in [0.4, 0.5) is 0 Å². The molecule has 2 unspecified atom stereocenters. The van der Waals surface area contributed by atoms with Crippen LogP contribution in [0.3, 0.4) is 0 Å². The molecule has 2 rings (SSSR count). The molecule has 1 aliphatic heterocycles. The maximum absolute atomic E-state index is 11.6. The van der Waals surface area contributed by atoms with Gasteiger partial charge in [-0.15, -0.1) is 11.3 Å². The van der Waals surface area contributed by atoms with Gasteiger partial charge in [0.1, 0.15) is 5.69 Å². The van der Waals surface area contributed by atoms with Gasteiger partial charge in [0.25, 0.3) is 5.91 Å². The van der Waals surface area contributed by atoms with Gasteiger partial charge in [-0.2, -0.15) is 0 Å². The summed E-state index contributed by atoms with van der Waals surface area (Å²) < 4.78 is 5.42. The Labute approximate surface area is 92.7 Å². The molecule has 5 heteroatoms. The second kappa shape index (κ2) is 4.72. The summed E-state index contributed by atoms with van der Waals surface area (Å²) in [4.78, 5) is 15.5. The van der Waals surface area contributed by atoms with Crippen molar-refractivity contribution in [3.05, 3.63) is 16.6 Å². The van der Waals surface area contributed by atoms with Crippen molar-refractivity contribution in [1.82, 2.24) is 10.3 Å². The second-order valence-corrected chi connectivity index (χ2v) is 4.43. The maximum Gasteiger partial charge on any atom is 0.270 e. The van der Waals surface area contributed by atoms with Crippen LogP contribution in [0.5, 0.6) is 0 Å².